The fourth-order valence-electron chi connectivity index (χ4n) is 3.87. The van der Waals surface area contributed by atoms with Crippen LogP contribution in [0.5, 0.6) is 11.5 Å². The molecular weight excluding hydrogens is 364 g/mol. The zero-order valence-electron chi connectivity index (χ0n) is 17.6. The number of hydrogen-bond donors (Lipinski definition) is 2. The van der Waals surface area contributed by atoms with Gasteiger partial charge in [0.15, 0.2) is 17.5 Å². The fraction of sp³-hybridized carbons (Fsp3) is 0.435. The predicted octanol–water partition coefficient (Wildman–Crippen LogP) is 3.21. The van der Waals surface area contributed by atoms with Crippen molar-refractivity contribution in [1.29, 1.82) is 0 Å². The van der Waals surface area contributed by atoms with Crippen molar-refractivity contribution in [2.24, 2.45) is 4.99 Å². The zero-order chi connectivity index (χ0) is 20.5. The van der Waals surface area contributed by atoms with E-state index in [1.54, 1.807) is 21.3 Å². The van der Waals surface area contributed by atoms with E-state index in [0.29, 0.717) is 12.6 Å². The first kappa shape index (κ1) is 21.0. The molecule has 1 fully saturated rings. The number of benzene rings is 2. The van der Waals surface area contributed by atoms with Gasteiger partial charge in [0.1, 0.15) is 0 Å². The highest BCUT2D eigenvalue weighted by molar-refractivity contribution is 5.79. The van der Waals surface area contributed by atoms with Crippen molar-refractivity contribution in [2.75, 3.05) is 40.9 Å². The number of likely N-dealkylation sites (tertiary alicyclic amines) is 1. The second kappa shape index (κ2) is 10.7. The third-order valence-electron chi connectivity index (χ3n) is 5.38. The Balaban J connectivity index is 1.63. The Morgan fingerprint density at radius 2 is 1.76 bits per heavy atom. The Bertz CT molecular complexity index is 789. The fourth-order valence-corrected chi connectivity index (χ4v) is 3.87. The van der Waals surface area contributed by atoms with Crippen LogP contribution in [0.15, 0.2) is 53.5 Å². The number of para-hydroxylation sites is 1. The van der Waals surface area contributed by atoms with Gasteiger partial charge in [-0.05, 0) is 37.6 Å². The number of nitrogens with zero attached hydrogens (tertiary/aromatic N) is 2. The van der Waals surface area contributed by atoms with Crippen molar-refractivity contribution in [3.63, 3.8) is 0 Å². The van der Waals surface area contributed by atoms with Crippen LogP contribution in [0.1, 0.15) is 30.0 Å². The maximum Gasteiger partial charge on any atom is 0.191 e. The lowest BCUT2D eigenvalue weighted by Crippen LogP contribution is -2.42. The van der Waals surface area contributed by atoms with Crippen molar-refractivity contribution in [2.45, 2.75) is 25.4 Å². The predicted molar refractivity (Wildman–Crippen MR) is 118 cm³/mol. The molecule has 2 aromatic carbocycles. The number of rotatable bonds is 8. The van der Waals surface area contributed by atoms with Crippen LogP contribution in [0.3, 0.4) is 0 Å². The molecule has 0 spiro atoms. The molecule has 29 heavy (non-hydrogen) atoms. The third kappa shape index (κ3) is 5.41. The summed E-state index contributed by atoms with van der Waals surface area (Å²) in [6, 6.07) is 16.9. The monoisotopic (exact) mass is 396 g/mol. The molecule has 0 amide bonds. The molecule has 1 aliphatic heterocycles. The van der Waals surface area contributed by atoms with E-state index in [4.69, 9.17) is 9.47 Å². The molecule has 1 saturated heterocycles. The standard InChI is InChI=1S/C23H32N4O2/c1-24-23(25-16-19-12-9-13-21(28-2)22(19)29-3)26-17-20(27-14-7-8-15-27)18-10-5-4-6-11-18/h4-6,9-13,20H,7-8,14-17H2,1-3H3,(H2,24,25,26). The van der Waals surface area contributed by atoms with Crippen LogP contribution in [0.25, 0.3) is 0 Å². The Labute approximate surface area is 173 Å². The summed E-state index contributed by atoms with van der Waals surface area (Å²) in [4.78, 5) is 6.95. The highest BCUT2D eigenvalue weighted by Crippen LogP contribution is 2.30. The highest BCUT2D eigenvalue weighted by Gasteiger charge is 2.23. The van der Waals surface area contributed by atoms with Crippen molar-refractivity contribution in [3.8, 4) is 11.5 Å². The van der Waals surface area contributed by atoms with E-state index in [1.807, 2.05) is 18.2 Å². The minimum Gasteiger partial charge on any atom is -0.493 e. The maximum atomic E-state index is 5.52. The maximum absolute atomic E-state index is 5.52. The summed E-state index contributed by atoms with van der Waals surface area (Å²) in [6.07, 6.45) is 2.54. The Kier molecular flexibility index (Phi) is 7.76. The first-order chi connectivity index (χ1) is 14.3. The van der Waals surface area contributed by atoms with Crippen molar-refractivity contribution >= 4 is 5.96 Å². The number of methoxy groups -OCH3 is 2. The van der Waals surface area contributed by atoms with Gasteiger partial charge in [-0.25, -0.2) is 0 Å². The Morgan fingerprint density at radius 3 is 2.41 bits per heavy atom. The summed E-state index contributed by atoms with van der Waals surface area (Å²) in [7, 11) is 5.11. The van der Waals surface area contributed by atoms with Crippen LogP contribution in [-0.4, -0.2) is 51.8 Å². The van der Waals surface area contributed by atoms with Crippen molar-refractivity contribution < 1.29 is 9.47 Å². The number of guanidine groups is 1. The van der Waals surface area contributed by atoms with E-state index in [2.05, 4.69) is 50.9 Å². The van der Waals surface area contributed by atoms with Gasteiger partial charge in [0.05, 0.1) is 20.3 Å². The van der Waals surface area contributed by atoms with Crippen LogP contribution >= 0.6 is 0 Å². The molecule has 156 valence electrons. The first-order valence-electron chi connectivity index (χ1n) is 10.2. The molecule has 3 rings (SSSR count). The summed E-state index contributed by atoms with van der Waals surface area (Å²) < 4.78 is 10.9. The van der Waals surface area contributed by atoms with Gasteiger partial charge >= 0.3 is 0 Å². The summed E-state index contributed by atoms with van der Waals surface area (Å²) in [5.74, 6) is 2.25. The highest BCUT2D eigenvalue weighted by atomic mass is 16.5. The molecule has 1 aliphatic rings. The molecule has 0 bridgehead atoms. The molecule has 1 unspecified atom stereocenters. The third-order valence-corrected chi connectivity index (χ3v) is 5.38. The van der Waals surface area contributed by atoms with E-state index in [9.17, 15) is 0 Å². The number of aliphatic imine (C=N–C) groups is 1. The van der Waals surface area contributed by atoms with Crippen LogP contribution in [0.2, 0.25) is 0 Å². The summed E-state index contributed by atoms with van der Waals surface area (Å²) in [5, 5.41) is 6.90. The molecular formula is C23H32N4O2. The Hall–Kier alpha value is -2.73. The summed E-state index contributed by atoms with van der Waals surface area (Å²) in [6.45, 7) is 3.70. The summed E-state index contributed by atoms with van der Waals surface area (Å²) in [5.41, 5.74) is 2.36. The van der Waals surface area contributed by atoms with Crippen LogP contribution in [0, 0.1) is 0 Å². The average Bonchev–Trinajstić information content (AvgIpc) is 3.31. The first-order valence-corrected chi connectivity index (χ1v) is 10.2. The smallest absolute Gasteiger partial charge is 0.191 e. The summed E-state index contributed by atoms with van der Waals surface area (Å²) >= 11 is 0. The van der Waals surface area contributed by atoms with E-state index in [0.717, 1.165) is 42.7 Å². The van der Waals surface area contributed by atoms with Crippen LogP contribution in [0.4, 0.5) is 0 Å². The van der Waals surface area contributed by atoms with Gasteiger partial charge in [-0.1, -0.05) is 42.5 Å². The number of hydrogen-bond acceptors (Lipinski definition) is 4. The van der Waals surface area contributed by atoms with Gasteiger partial charge in [0, 0.05) is 25.7 Å². The molecule has 0 radical (unpaired) electrons. The van der Waals surface area contributed by atoms with Crippen molar-refractivity contribution in [3.05, 3.63) is 59.7 Å². The van der Waals surface area contributed by atoms with E-state index in [1.165, 1.54) is 18.4 Å². The minimum absolute atomic E-state index is 0.337. The number of nitrogens with one attached hydrogen (secondary N) is 2. The average molecular weight is 397 g/mol. The van der Waals surface area contributed by atoms with Gasteiger partial charge in [0.25, 0.3) is 0 Å². The quantitative estimate of drug-likeness (QED) is 0.530. The molecule has 0 aliphatic carbocycles. The topological polar surface area (TPSA) is 58.1 Å². The van der Waals surface area contributed by atoms with Gasteiger partial charge in [-0.3, -0.25) is 9.89 Å². The molecule has 2 N–H and O–H groups in total. The minimum atomic E-state index is 0.337. The van der Waals surface area contributed by atoms with E-state index in [-0.39, 0.29) is 0 Å². The molecule has 1 atom stereocenters. The normalized spacial score (nSPS) is 15.8. The SMILES string of the molecule is CN=C(NCc1cccc(OC)c1OC)NCC(c1ccccc1)N1CCCC1. The lowest BCUT2D eigenvalue weighted by atomic mass is 10.1. The van der Waals surface area contributed by atoms with E-state index < -0.39 is 0 Å². The Morgan fingerprint density at radius 1 is 1.00 bits per heavy atom. The molecule has 0 aromatic heterocycles. The molecule has 2 aromatic rings. The van der Waals surface area contributed by atoms with Crippen molar-refractivity contribution in [1.82, 2.24) is 15.5 Å². The second-order valence-corrected chi connectivity index (χ2v) is 7.13. The van der Waals surface area contributed by atoms with Gasteiger partial charge in [-0.2, -0.15) is 0 Å². The van der Waals surface area contributed by atoms with Crippen LogP contribution in [-0.2, 0) is 6.54 Å². The van der Waals surface area contributed by atoms with Gasteiger partial charge in [-0.15, -0.1) is 0 Å². The lowest BCUT2D eigenvalue weighted by molar-refractivity contribution is 0.245. The van der Waals surface area contributed by atoms with E-state index >= 15 is 0 Å². The molecule has 1 heterocycles. The lowest BCUT2D eigenvalue weighted by Gasteiger charge is -2.29. The van der Waals surface area contributed by atoms with Crippen LogP contribution < -0.4 is 20.1 Å². The van der Waals surface area contributed by atoms with Gasteiger partial charge in [0.2, 0.25) is 0 Å². The largest absolute Gasteiger partial charge is 0.493 e. The molecule has 0 saturated carbocycles. The number of ether oxygens (including phenoxy) is 2. The molecule has 6 heteroatoms. The van der Waals surface area contributed by atoms with Gasteiger partial charge < -0.3 is 20.1 Å². The second-order valence-electron chi connectivity index (χ2n) is 7.13. The zero-order valence-corrected chi connectivity index (χ0v) is 17.6. The molecule has 6 nitrogen and oxygen atoms in total.